The molecule has 0 bridgehead atoms. The molecule has 768 valence electrons. The number of rotatable bonds is 68. The van der Waals surface area contributed by atoms with Gasteiger partial charge in [-0.1, -0.05) is 37.6 Å². The number of phenolic OH excluding ortho intramolecular Hbond substituents is 1. The van der Waals surface area contributed by atoms with E-state index in [9.17, 15) is 127 Å². The molecule has 4 aromatic rings. The van der Waals surface area contributed by atoms with Crippen LogP contribution < -0.4 is 120 Å². The summed E-state index contributed by atoms with van der Waals surface area (Å²) >= 11 is 0. The number of unbranched alkanes of at least 4 members (excludes halogenated alkanes) is 4. The summed E-state index contributed by atoms with van der Waals surface area (Å²) in [7, 11) is 0. The number of phenols is 1. The van der Waals surface area contributed by atoms with Gasteiger partial charge in [0, 0.05) is 74.3 Å². The number of aromatic nitrogens is 3. The number of benzene rings is 2. The van der Waals surface area contributed by atoms with Crippen molar-refractivity contribution in [3.8, 4) is 5.75 Å². The second-order valence-electron chi connectivity index (χ2n) is 33.4. The van der Waals surface area contributed by atoms with E-state index in [1.807, 2.05) is 0 Å². The summed E-state index contributed by atoms with van der Waals surface area (Å²) in [5.41, 5.74) is 40.2. The average molecular weight is 1960 g/mol. The largest absolute Gasteiger partial charge is 0.508 e. The molecule has 34 N–H and O–H groups in total. The number of nitrogen functional groups attached to an aromatic ring is 1. The Balaban J connectivity index is 1.72. The highest BCUT2D eigenvalue weighted by atomic mass is 16.4. The summed E-state index contributed by atoms with van der Waals surface area (Å²) in [6.07, 6.45) is -4.42. The lowest BCUT2D eigenvalue weighted by atomic mass is 9.96. The van der Waals surface area contributed by atoms with Gasteiger partial charge in [0.2, 0.25) is 88.6 Å². The molecule has 0 fully saturated rings. The van der Waals surface area contributed by atoms with Crippen molar-refractivity contribution in [1.29, 1.82) is 0 Å². The first-order valence-corrected chi connectivity index (χ1v) is 45.5. The molecule has 0 aliphatic carbocycles. The second kappa shape index (κ2) is 60.9. The maximum atomic E-state index is 15.1. The van der Waals surface area contributed by atoms with Crippen molar-refractivity contribution < 1.29 is 131 Å². The number of fused-ring (bicyclic) bond motifs is 1. The Morgan fingerprint density at radius 2 is 0.770 bits per heavy atom. The Labute approximate surface area is 798 Å². The summed E-state index contributed by atoms with van der Waals surface area (Å²) < 4.78 is 6.55. The molecule has 139 heavy (non-hydrogen) atoms. The van der Waals surface area contributed by atoms with E-state index in [2.05, 4.69) is 84.7 Å². The second-order valence-corrected chi connectivity index (χ2v) is 33.4. The first-order chi connectivity index (χ1) is 65.8. The summed E-state index contributed by atoms with van der Waals surface area (Å²) in [6, 6.07) is -12.1. The standard InChI is InChI=1S/C87H132N24O28/c1-5-45(2)73(108-85(136)62(28-33-71(122)123)104-84(135)61(27-32-70(120)121)103-83(134)60(26-31-69(118)119)99-75(126)46(3)92)87(138)107-63(38-48-18-21-52(112)22-19-48)77(128)95-42-66(113)97-58(24-29-67(114)115)82(133)106-64(41-51-44-111(110-109-51)43-49-39-72(124)139-65-40-50(93)20-23-53(49)65)86(137)105-59(25-30-68(116)117)78(129)96-47(4)76(127)100-55(15-7-11-35-89)80(131)102-57(17-9-13-37-91)81(132)101-56(16-8-12-36-90)79(130)98-54(74(94)125)14-6-10-34-88/h18-23,39-40,44-47,54-64,73,112H,5-17,24-38,41-43,88-93H2,1-4H3,(H2,94,125)(H,95,128)(H,96,129)(H,97,113)(H,98,130)(H,99,126)(H,100,127)(H,101,132)(H,102,131)(H,103,134)(H,104,135)(H,105,137)(H,106,133)(H,107,138)(H,108,136)(H,114,115)(H,116,117)(H,118,119)(H,120,121)(H,122,123)/t45-,46-,47-,54-,55-,56-,57-,58-,59-,60-,61-,62-,63-,64-,73-/m0/s1. The van der Waals surface area contributed by atoms with Crippen LogP contribution in [0.3, 0.4) is 0 Å². The molecule has 0 aliphatic heterocycles. The smallest absolute Gasteiger partial charge is 0.336 e. The van der Waals surface area contributed by atoms with E-state index in [0.717, 1.165) is 13.0 Å². The van der Waals surface area contributed by atoms with Crippen LogP contribution in [0, 0.1) is 5.92 Å². The van der Waals surface area contributed by atoms with Gasteiger partial charge in [0.15, 0.2) is 0 Å². The predicted molar refractivity (Wildman–Crippen MR) is 494 cm³/mol. The Kier molecular flexibility index (Phi) is 51.2. The zero-order valence-electron chi connectivity index (χ0n) is 77.8. The Morgan fingerprint density at radius 3 is 1.18 bits per heavy atom. The average Bonchev–Trinajstić information content (AvgIpc) is 1.72. The third kappa shape index (κ3) is 43.2. The number of aliphatic carboxylic acids is 5. The number of amides is 15. The van der Waals surface area contributed by atoms with Crippen molar-refractivity contribution in [2.24, 2.45) is 40.3 Å². The first kappa shape index (κ1) is 117. The normalized spacial score (nSPS) is 14.4. The number of nitrogens with two attached hydrogens (primary N) is 7. The molecule has 0 saturated carbocycles. The molecule has 2 aromatic heterocycles. The van der Waals surface area contributed by atoms with Gasteiger partial charge in [-0.2, -0.15) is 0 Å². The van der Waals surface area contributed by atoms with E-state index in [4.69, 9.17) is 44.6 Å². The maximum absolute atomic E-state index is 15.1. The molecule has 15 amide bonds. The molecule has 52 heteroatoms. The molecule has 15 atom stereocenters. The van der Waals surface area contributed by atoms with Crippen molar-refractivity contribution in [3.63, 3.8) is 0 Å². The van der Waals surface area contributed by atoms with Gasteiger partial charge in [0.05, 0.1) is 24.8 Å². The lowest BCUT2D eigenvalue weighted by molar-refractivity contribution is -0.140. The maximum Gasteiger partial charge on any atom is 0.336 e. The Bertz CT molecular complexity index is 4940. The summed E-state index contributed by atoms with van der Waals surface area (Å²) in [5, 5.41) is 101. The number of aromatic hydroxyl groups is 1. The van der Waals surface area contributed by atoms with Crippen LogP contribution in [0.1, 0.15) is 192 Å². The van der Waals surface area contributed by atoms with Crippen LogP contribution >= 0.6 is 0 Å². The zero-order chi connectivity index (χ0) is 104. The topological polar surface area (TPSA) is 874 Å². The van der Waals surface area contributed by atoms with Crippen molar-refractivity contribution in [2.45, 2.75) is 279 Å². The van der Waals surface area contributed by atoms with Crippen molar-refractivity contribution in [3.05, 3.63) is 82.0 Å². The van der Waals surface area contributed by atoms with Crippen LogP contribution in [0.2, 0.25) is 0 Å². The number of carboxylic acid groups (broad SMARTS) is 5. The SMILES string of the molecule is CC[C@H](C)[C@H](NC(=O)[C@H](CCC(=O)O)NC(=O)[C@H](CCC(=O)O)NC(=O)[C@H](CCC(=O)O)NC(=O)[C@H](C)N)C(=O)N[C@@H](Cc1ccc(O)cc1)C(=O)NCC(=O)N[C@@H](CCC(=O)O)C(=O)N[C@@H](Cc1cn(Cc2cc(=O)oc3cc(N)ccc23)nn1)C(=O)N[C@@H](CCC(=O)O)C(=O)N[C@@H](C)C(=O)N[C@@H](CCCCN)C(=O)N[C@@H](CCCCN)C(=O)N[C@@H](CCCCN)C(=O)N[C@@H](CCCCN)C(N)=O. The molecule has 2 heterocycles. The molecular formula is C87H132N24O28. The number of carboxylic acids is 5. The number of carbonyl (C=O) groups is 20. The third-order valence-corrected chi connectivity index (χ3v) is 22.0. The van der Waals surface area contributed by atoms with Crippen LogP contribution in [0.25, 0.3) is 11.0 Å². The van der Waals surface area contributed by atoms with Gasteiger partial charge >= 0.3 is 35.5 Å². The Morgan fingerprint density at radius 1 is 0.410 bits per heavy atom. The molecule has 0 aliphatic rings. The number of nitrogens with zero attached hydrogens (tertiary/aromatic N) is 3. The van der Waals surface area contributed by atoms with Crippen LogP contribution in [0.5, 0.6) is 5.75 Å². The van der Waals surface area contributed by atoms with Gasteiger partial charge < -0.3 is 150 Å². The monoisotopic (exact) mass is 1960 g/mol. The van der Waals surface area contributed by atoms with Gasteiger partial charge in [-0.3, -0.25) is 95.9 Å². The molecule has 52 nitrogen and oxygen atoms in total. The summed E-state index contributed by atoms with van der Waals surface area (Å²) in [4.78, 5) is 285. The number of carbonyl (C=O) groups excluding carboxylic acids is 15. The minimum Gasteiger partial charge on any atom is -0.508 e. The van der Waals surface area contributed by atoms with E-state index in [-0.39, 0.29) is 99.4 Å². The van der Waals surface area contributed by atoms with Gasteiger partial charge in [-0.05, 0) is 190 Å². The fourth-order valence-electron chi connectivity index (χ4n) is 13.9. The van der Waals surface area contributed by atoms with Gasteiger partial charge in [0.1, 0.15) is 89.9 Å². The van der Waals surface area contributed by atoms with E-state index in [0.29, 0.717) is 56.0 Å². The summed E-state index contributed by atoms with van der Waals surface area (Å²) in [5.74, 6) is -25.0. The van der Waals surface area contributed by atoms with Crippen LogP contribution in [0.4, 0.5) is 5.69 Å². The molecule has 2 aromatic carbocycles. The van der Waals surface area contributed by atoms with Crippen LogP contribution in [-0.4, -0.2) is 281 Å². The van der Waals surface area contributed by atoms with Crippen molar-refractivity contribution in [1.82, 2.24) is 89.4 Å². The minimum atomic E-state index is -1.99. The number of hydrogen-bond acceptors (Lipinski definition) is 31. The van der Waals surface area contributed by atoms with E-state index in [1.54, 1.807) is 13.0 Å². The minimum absolute atomic E-state index is 0.0363. The van der Waals surface area contributed by atoms with Crippen molar-refractivity contribution >= 4 is 135 Å². The van der Waals surface area contributed by atoms with E-state index < -0.39 is 298 Å². The van der Waals surface area contributed by atoms with Crippen molar-refractivity contribution in [2.75, 3.05) is 38.5 Å². The first-order valence-electron chi connectivity index (χ1n) is 45.5. The number of primary amides is 1. The van der Waals surface area contributed by atoms with Gasteiger partial charge in [0.25, 0.3) is 0 Å². The summed E-state index contributed by atoms with van der Waals surface area (Å²) in [6.45, 7) is 5.01. The number of hydrogen-bond donors (Lipinski definition) is 27. The molecule has 0 spiro atoms. The van der Waals surface area contributed by atoms with Gasteiger partial charge in [-0.25, -0.2) is 9.48 Å². The quantitative estimate of drug-likeness (QED) is 0.0111. The molecule has 0 saturated heterocycles. The van der Waals surface area contributed by atoms with Crippen LogP contribution in [0.15, 0.2) is 63.9 Å². The highest BCUT2D eigenvalue weighted by Gasteiger charge is 2.39. The lowest BCUT2D eigenvalue weighted by Gasteiger charge is -2.29. The van der Waals surface area contributed by atoms with Gasteiger partial charge in [-0.15, -0.1) is 5.10 Å². The number of nitrogens with one attached hydrogen (secondary N) is 14. The lowest BCUT2D eigenvalue weighted by Crippen LogP contribution is -2.61. The molecule has 0 unspecified atom stereocenters. The molecule has 0 radical (unpaired) electrons. The fourth-order valence-corrected chi connectivity index (χ4v) is 13.9. The molecular weight excluding hydrogens is 1830 g/mol. The number of anilines is 1. The van der Waals surface area contributed by atoms with Crippen LogP contribution in [-0.2, 0) is 115 Å². The van der Waals surface area contributed by atoms with E-state index in [1.165, 1.54) is 61.1 Å². The highest BCUT2D eigenvalue weighted by molar-refractivity contribution is 6.01. The third-order valence-electron chi connectivity index (χ3n) is 22.0. The molecule has 4 rings (SSSR count). The predicted octanol–water partition coefficient (Wildman–Crippen LogP) is -6.34. The Hall–Kier alpha value is -14.4. The van der Waals surface area contributed by atoms with E-state index >= 15 is 4.79 Å². The highest BCUT2D eigenvalue weighted by Crippen LogP contribution is 2.23. The zero-order valence-corrected chi connectivity index (χ0v) is 77.8. The fraction of sp³-hybridized carbons (Fsp3) is 0.575.